The summed E-state index contributed by atoms with van der Waals surface area (Å²) in [7, 11) is -10.8. The first kappa shape index (κ1) is 22.9. The molecule has 148 valence electrons. The fourth-order valence-corrected chi connectivity index (χ4v) is 6.75. The summed E-state index contributed by atoms with van der Waals surface area (Å²) in [5, 5.41) is 1.67. The van der Waals surface area contributed by atoms with Gasteiger partial charge in [-0.05, 0) is 21.5 Å². The molecule has 0 spiro atoms. The van der Waals surface area contributed by atoms with Crippen LogP contribution in [0.3, 0.4) is 0 Å². The molecule has 0 heterocycles. The van der Waals surface area contributed by atoms with Gasteiger partial charge in [0.25, 0.3) is 24.3 Å². The Bertz CT molecular complexity index is 1340. The van der Waals surface area contributed by atoms with E-state index in [4.69, 9.17) is 0 Å². The minimum absolute atomic E-state index is 0. The Hall–Kier alpha value is -1.78. The first-order valence-electron chi connectivity index (χ1n) is 8.58. The van der Waals surface area contributed by atoms with Crippen molar-refractivity contribution in [3.8, 4) is 0 Å². The molecular weight excluding hydrogens is 435 g/mol. The molecule has 0 aliphatic rings. The SMILES string of the molecule is O=S(=O)(O)C(c1cccc2ccccc12)(c1cccc2ccccc12)S(=O)(=O)O.[Na+]. The fourth-order valence-electron chi connectivity index (χ4n) is 3.86. The number of hydrogen-bond acceptors (Lipinski definition) is 4. The van der Waals surface area contributed by atoms with Crippen molar-refractivity contribution in [2.24, 2.45) is 0 Å². The van der Waals surface area contributed by atoms with Crippen LogP contribution in [0, 0.1) is 0 Å². The Balaban J connectivity index is 0.00000256. The van der Waals surface area contributed by atoms with Crippen LogP contribution in [0.5, 0.6) is 0 Å². The van der Waals surface area contributed by atoms with Crippen molar-refractivity contribution in [2.75, 3.05) is 0 Å². The second-order valence-electron chi connectivity index (χ2n) is 6.62. The Morgan fingerprint density at radius 3 is 1.23 bits per heavy atom. The third-order valence-electron chi connectivity index (χ3n) is 5.01. The fraction of sp³-hybridized carbons (Fsp3) is 0.0476. The van der Waals surface area contributed by atoms with E-state index in [0.29, 0.717) is 10.8 Å². The second-order valence-corrected chi connectivity index (χ2v) is 10.0. The van der Waals surface area contributed by atoms with Gasteiger partial charge in [0, 0.05) is 11.1 Å². The van der Waals surface area contributed by atoms with Gasteiger partial charge in [0.2, 0.25) is 0 Å². The van der Waals surface area contributed by atoms with Crippen molar-refractivity contribution >= 4 is 41.8 Å². The third-order valence-corrected chi connectivity index (χ3v) is 8.61. The molecule has 4 aromatic rings. The van der Waals surface area contributed by atoms with E-state index in [2.05, 4.69) is 0 Å². The van der Waals surface area contributed by atoms with Gasteiger partial charge >= 0.3 is 29.6 Å². The van der Waals surface area contributed by atoms with Gasteiger partial charge in [0.05, 0.1) is 0 Å². The number of benzene rings is 4. The normalized spacial score (nSPS) is 12.6. The molecule has 0 fully saturated rings. The van der Waals surface area contributed by atoms with Crippen LogP contribution in [-0.4, -0.2) is 25.9 Å². The van der Waals surface area contributed by atoms with Gasteiger partial charge < -0.3 is 0 Å². The maximum absolute atomic E-state index is 12.8. The standard InChI is InChI=1S/C21H16O6S2.Na/c22-28(23,24)21(29(25,26)27,19-13-5-9-15-7-1-3-11-17(15)19)20-14-6-10-16-8-2-4-12-18(16)20;/h1-14H,(H,22,23,24)(H,25,26,27);/q;+1. The zero-order chi connectivity index (χ0) is 20.9. The largest absolute Gasteiger partial charge is 1.00 e. The van der Waals surface area contributed by atoms with Crippen LogP contribution in [0.4, 0.5) is 0 Å². The summed E-state index contributed by atoms with van der Waals surface area (Å²) < 4.78 is 68.7. The first-order chi connectivity index (χ1) is 13.7. The summed E-state index contributed by atoms with van der Waals surface area (Å²) >= 11 is 0. The molecule has 0 bridgehead atoms. The predicted molar refractivity (Wildman–Crippen MR) is 112 cm³/mol. The molecule has 2 N–H and O–H groups in total. The molecule has 0 saturated carbocycles. The minimum atomic E-state index is -5.41. The van der Waals surface area contributed by atoms with Crippen LogP contribution in [0.2, 0.25) is 0 Å². The molecule has 6 nitrogen and oxygen atoms in total. The van der Waals surface area contributed by atoms with Crippen molar-refractivity contribution in [3.63, 3.8) is 0 Å². The average Bonchev–Trinajstić information content (AvgIpc) is 2.67. The van der Waals surface area contributed by atoms with Crippen molar-refractivity contribution in [3.05, 3.63) is 96.1 Å². The van der Waals surface area contributed by atoms with E-state index in [1.807, 2.05) is 0 Å². The average molecular weight is 451 g/mol. The number of fused-ring (bicyclic) bond motifs is 2. The topological polar surface area (TPSA) is 109 Å². The van der Waals surface area contributed by atoms with Gasteiger partial charge in [-0.1, -0.05) is 84.9 Å². The summed E-state index contributed by atoms with van der Waals surface area (Å²) in [5.41, 5.74) is -0.506. The molecule has 4 aromatic carbocycles. The molecule has 0 amide bonds. The van der Waals surface area contributed by atoms with Crippen LogP contribution in [0.15, 0.2) is 84.9 Å². The van der Waals surface area contributed by atoms with E-state index in [9.17, 15) is 25.9 Å². The molecule has 0 unspecified atom stereocenters. The Morgan fingerprint density at radius 1 is 0.533 bits per heavy atom. The molecule has 0 saturated heterocycles. The molecule has 0 radical (unpaired) electrons. The summed E-state index contributed by atoms with van der Waals surface area (Å²) in [6.45, 7) is 0. The van der Waals surface area contributed by atoms with Crippen LogP contribution in [0.25, 0.3) is 21.5 Å². The monoisotopic (exact) mass is 451 g/mol. The zero-order valence-electron chi connectivity index (χ0n) is 15.9. The minimum Gasteiger partial charge on any atom is -0.284 e. The molecule has 0 atom stereocenters. The van der Waals surface area contributed by atoms with Crippen molar-refractivity contribution in [1.82, 2.24) is 0 Å². The van der Waals surface area contributed by atoms with Crippen LogP contribution in [-0.2, 0) is 24.3 Å². The molecule has 0 aromatic heterocycles. The van der Waals surface area contributed by atoms with E-state index < -0.39 is 24.3 Å². The molecule has 0 aliphatic heterocycles. The smallest absolute Gasteiger partial charge is 0.284 e. The molecule has 4 rings (SSSR count). The van der Waals surface area contributed by atoms with Crippen molar-refractivity contribution in [1.29, 1.82) is 0 Å². The summed E-state index contributed by atoms with van der Waals surface area (Å²) in [5.74, 6) is 0. The predicted octanol–water partition coefficient (Wildman–Crippen LogP) is 0.974. The Labute approximate surface area is 196 Å². The number of rotatable bonds is 4. The van der Waals surface area contributed by atoms with Crippen molar-refractivity contribution in [2.45, 2.75) is 4.08 Å². The molecule has 30 heavy (non-hydrogen) atoms. The Kier molecular flexibility index (Phi) is 6.14. The summed E-state index contributed by atoms with van der Waals surface area (Å²) in [6, 6.07) is 22.0. The van der Waals surface area contributed by atoms with Gasteiger partial charge in [-0.15, -0.1) is 0 Å². The van der Waals surface area contributed by atoms with Gasteiger partial charge in [0.1, 0.15) is 0 Å². The van der Waals surface area contributed by atoms with Gasteiger partial charge in [-0.2, -0.15) is 16.8 Å². The van der Waals surface area contributed by atoms with Crippen LogP contribution >= 0.6 is 0 Å². The zero-order valence-corrected chi connectivity index (χ0v) is 19.6. The van der Waals surface area contributed by atoms with Crippen LogP contribution in [0.1, 0.15) is 11.1 Å². The second kappa shape index (κ2) is 8.05. The number of hydrogen-bond donors (Lipinski definition) is 2. The van der Waals surface area contributed by atoms with E-state index in [1.165, 1.54) is 24.3 Å². The quantitative estimate of drug-likeness (QED) is 0.354. The van der Waals surface area contributed by atoms with E-state index in [-0.39, 0.29) is 51.5 Å². The summed E-state index contributed by atoms with van der Waals surface area (Å²) in [4.78, 5) is 0. The molecule has 0 aliphatic carbocycles. The van der Waals surface area contributed by atoms with E-state index in [1.54, 1.807) is 60.7 Å². The van der Waals surface area contributed by atoms with E-state index >= 15 is 0 Å². The van der Waals surface area contributed by atoms with Gasteiger partial charge in [-0.25, -0.2) is 0 Å². The summed E-state index contributed by atoms with van der Waals surface area (Å²) in [6.07, 6.45) is 0. The van der Waals surface area contributed by atoms with Gasteiger partial charge in [0.15, 0.2) is 0 Å². The van der Waals surface area contributed by atoms with Gasteiger partial charge in [-0.3, -0.25) is 9.11 Å². The van der Waals surface area contributed by atoms with Crippen LogP contribution < -0.4 is 29.6 Å². The van der Waals surface area contributed by atoms with E-state index in [0.717, 1.165) is 0 Å². The first-order valence-corrected chi connectivity index (χ1v) is 11.5. The third kappa shape index (κ3) is 3.38. The van der Waals surface area contributed by atoms with Crippen molar-refractivity contribution < 1.29 is 55.5 Å². The Morgan fingerprint density at radius 2 is 0.867 bits per heavy atom. The maximum atomic E-state index is 12.8. The molecular formula is C21H16NaO6S2+. The molecule has 9 heteroatoms. The maximum Gasteiger partial charge on any atom is 1.00 e.